The molecule has 3 aromatic rings. The maximum Gasteiger partial charge on any atom is 0.322 e. The summed E-state index contributed by atoms with van der Waals surface area (Å²) in [4.78, 5) is 21.2. The third-order valence-electron chi connectivity index (χ3n) is 4.90. The SMILES string of the molecule is C[C@H]1CN(c2nc(Cc3ccccc3)ns2)CCN1C(=O)Nc1cccc(F)c1. The van der Waals surface area contributed by atoms with E-state index in [1.165, 1.54) is 29.2 Å². The summed E-state index contributed by atoms with van der Waals surface area (Å²) < 4.78 is 17.8. The van der Waals surface area contributed by atoms with Gasteiger partial charge in [0.15, 0.2) is 0 Å². The third-order valence-corrected chi connectivity index (χ3v) is 5.71. The van der Waals surface area contributed by atoms with Crippen molar-refractivity contribution in [3.05, 3.63) is 71.8 Å². The first-order valence-electron chi connectivity index (χ1n) is 9.53. The molecule has 0 bridgehead atoms. The number of halogens is 1. The van der Waals surface area contributed by atoms with Gasteiger partial charge in [-0.1, -0.05) is 36.4 Å². The van der Waals surface area contributed by atoms with Crippen LogP contribution in [0.3, 0.4) is 0 Å². The number of amides is 2. The van der Waals surface area contributed by atoms with Gasteiger partial charge in [-0.3, -0.25) is 0 Å². The lowest BCUT2D eigenvalue weighted by Gasteiger charge is -2.39. The van der Waals surface area contributed by atoms with Gasteiger partial charge in [0.1, 0.15) is 11.6 Å². The zero-order chi connectivity index (χ0) is 20.2. The molecule has 0 aliphatic carbocycles. The zero-order valence-electron chi connectivity index (χ0n) is 16.1. The lowest BCUT2D eigenvalue weighted by Crippen LogP contribution is -2.55. The molecule has 1 aromatic heterocycles. The monoisotopic (exact) mass is 411 g/mol. The molecule has 0 unspecified atom stereocenters. The molecule has 29 heavy (non-hydrogen) atoms. The first-order chi connectivity index (χ1) is 14.1. The van der Waals surface area contributed by atoms with Crippen LogP contribution in [0, 0.1) is 5.82 Å². The van der Waals surface area contributed by atoms with Crippen molar-refractivity contribution in [3.8, 4) is 0 Å². The summed E-state index contributed by atoms with van der Waals surface area (Å²) >= 11 is 1.40. The molecule has 0 radical (unpaired) electrons. The minimum Gasteiger partial charge on any atom is -0.343 e. The number of nitrogens with one attached hydrogen (secondary N) is 1. The number of carbonyl (C=O) groups excluding carboxylic acids is 1. The molecule has 1 saturated heterocycles. The highest BCUT2D eigenvalue weighted by atomic mass is 32.1. The Labute approximate surface area is 173 Å². The van der Waals surface area contributed by atoms with E-state index in [2.05, 4.69) is 31.7 Å². The highest BCUT2D eigenvalue weighted by Gasteiger charge is 2.29. The van der Waals surface area contributed by atoms with Crippen LogP contribution in [0.4, 0.5) is 20.0 Å². The van der Waals surface area contributed by atoms with Gasteiger partial charge in [-0.05, 0) is 30.7 Å². The number of nitrogens with zero attached hydrogens (tertiary/aromatic N) is 4. The second-order valence-electron chi connectivity index (χ2n) is 7.08. The molecule has 2 amide bonds. The van der Waals surface area contributed by atoms with Crippen LogP contribution in [0.5, 0.6) is 0 Å². The summed E-state index contributed by atoms with van der Waals surface area (Å²) in [6.45, 7) is 3.93. The van der Waals surface area contributed by atoms with Gasteiger partial charge in [-0.15, -0.1) is 0 Å². The van der Waals surface area contributed by atoms with Gasteiger partial charge < -0.3 is 15.1 Å². The Balaban J connectivity index is 1.36. The minimum atomic E-state index is -0.372. The van der Waals surface area contributed by atoms with Gasteiger partial charge in [0.05, 0.1) is 0 Å². The van der Waals surface area contributed by atoms with E-state index in [-0.39, 0.29) is 17.9 Å². The maximum absolute atomic E-state index is 13.3. The van der Waals surface area contributed by atoms with Crippen molar-refractivity contribution in [2.24, 2.45) is 0 Å². The molecule has 6 nitrogen and oxygen atoms in total. The molecule has 1 fully saturated rings. The summed E-state index contributed by atoms with van der Waals surface area (Å²) in [6, 6.07) is 15.9. The number of hydrogen-bond donors (Lipinski definition) is 1. The highest BCUT2D eigenvalue weighted by Crippen LogP contribution is 2.23. The smallest absolute Gasteiger partial charge is 0.322 e. The minimum absolute atomic E-state index is 0.00113. The number of hydrogen-bond acceptors (Lipinski definition) is 5. The average molecular weight is 412 g/mol. The molecular weight excluding hydrogens is 389 g/mol. The summed E-state index contributed by atoms with van der Waals surface area (Å²) in [5.41, 5.74) is 1.64. The number of aromatic nitrogens is 2. The Kier molecular flexibility index (Phi) is 5.71. The molecule has 2 heterocycles. The molecule has 1 aliphatic heterocycles. The van der Waals surface area contributed by atoms with Crippen molar-refractivity contribution >= 4 is 28.4 Å². The number of urea groups is 1. The Morgan fingerprint density at radius 3 is 2.79 bits per heavy atom. The maximum atomic E-state index is 13.3. The topological polar surface area (TPSA) is 61.4 Å². The van der Waals surface area contributed by atoms with E-state index >= 15 is 0 Å². The van der Waals surface area contributed by atoms with E-state index < -0.39 is 0 Å². The first kappa shape index (κ1) is 19.3. The van der Waals surface area contributed by atoms with E-state index in [0.29, 0.717) is 31.7 Å². The van der Waals surface area contributed by atoms with Crippen LogP contribution in [-0.2, 0) is 6.42 Å². The number of anilines is 2. The largest absolute Gasteiger partial charge is 0.343 e. The van der Waals surface area contributed by atoms with Crippen LogP contribution in [0.1, 0.15) is 18.3 Å². The van der Waals surface area contributed by atoms with Crippen LogP contribution < -0.4 is 10.2 Å². The van der Waals surface area contributed by atoms with E-state index in [9.17, 15) is 9.18 Å². The van der Waals surface area contributed by atoms with Crippen molar-refractivity contribution in [1.29, 1.82) is 0 Å². The fraction of sp³-hybridized carbons (Fsp3) is 0.286. The summed E-state index contributed by atoms with van der Waals surface area (Å²) in [6.07, 6.45) is 0.711. The Bertz CT molecular complexity index is 980. The van der Waals surface area contributed by atoms with Crippen LogP contribution in [0.2, 0.25) is 0 Å². The molecule has 0 spiro atoms. The van der Waals surface area contributed by atoms with E-state index in [0.717, 1.165) is 11.0 Å². The second kappa shape index (κ2) is 8.57. The van der Waals surface area contributed by atoms with Crippen LogP contribution >= 0.6 is 11.5 Å². The molecule has 2 aromatic carbocycles. The third kappa shape index (κ3) is 4.71. The van der Waals surface area contributed by atoms with Crippen molar-refractivity contribution in [3.63, 3.8) is 0 Å². The highest BCUT2D eigenvalue weighted by molar-refractivity contribution is 7.09. The quantitative estimate of drug-likeness (QED) is 0.705. The van der Waals surface area contributed by atoms with Crippen LogP contribution in [0.15, 0.2) is 54.6 Å². The number of carbonyl (C=O) groups is 1. The predicted octanol–water partition coefficient (Wildman–Crippen LogP) is 4.01. The lowest BCUT2D eigenvalue weighted by atomic mass is 10.1. The molecule has 1 N–H and O–H groups in total. The van der Waals surface area contributed by atoms with Crippen molar-refractivity contribution in [1.82, 2.24) is 14.3 Å². The molecule has 8 heteroatoms. The normalized spacial score (nSPS) is 16.7. The van der Waals surface area contributed by atoms with E-state index in [1.54, 1.807) is 17.0 Å². The number of rotatable bonds is 4. The molecular formula is C21H22FN5OS. The summed E-state index contributed by atoms with van der Waals surface area (Å²) in [5.74, 6) is 0.443. The Morgan fingerprint density at radius 1 is 1.21 bits per heavy atom. The fourth-order valence-electron chi connectivity index (χ4n) is 3.42. The van der Waals surface area contributed by atoms with E-state index in [4.69, 9.17) is 0 Å². The van der Waals surface area contributed by atoms with Crippen molar-refractivity contribution < 1.29 is 9.18 Å². The zero-order valence-corrected chi connectivity index (χ0v) is 16.9. The van der Waals surface area contributed by atoms with E-state index in [1.807, 2.05) is 25.1 Å². The lowest BCUT2D eigenvalue weighted by molar-refractivity contribution is 0.185. The summed E-state index contributed by atoms with van der Waals surface area (Å²) in [5, 5.41) is 3.65. The molecule has 150 valence electrons. The number of benzene rings is 2. The Morgan fingerprint density at radius 2 is 2.03 bits per heavy atom. The van der Waals surface area contributed by atoms with Gasteiger partial charge in [0, 0.05) is 49.3 Å². The molecule has 1 aliphatic rings. The van der Waals surface area contributed by atoms with Gasteiger partial charge in [-0.25, -0.2) is 14.2 Å². The van der Waals surface area contributed by atoms with Crippen molar-refractivity contribution in [2.45, 2.75) is 19.4 Å². The van der Waals surface area contributed by atoms with Gasteiger partial charge in [-0.2, -0.15) is 4.37 Å². The van der Waals surface area contributed by atoms with Crippen molar-refractivity contribution in [2.75, 3.05) is 29.9 Å². The molecule has 1 atom stereocenters. The van der Waals surface area contributed by atoms with Crippen LogP contribution in [-0.4, -0.2) is 46.0 Å². The standard InChI is InChI=1S/C21H22FN5OS/c1-15-14-26(21-24-19(25-29-21)12-16-6-3-2-4-7-16)10-11-27(15)20(28)23-18-9-5-8-17(22)13-18/h2-9,13,15H,10-12,14H2,1H3,(H,23,28)/t15-/m0/s1. The Hall–Kier alpha value is -3.00. The van der Waals surface area contributed by atoms with Crippen LogP contribution in [0.25, 0.3) is 0 Å². The number of piperazine rings is 1. The van der Waals surface area contributed by atoms with Gasteiger partial charge in [0.25, 0.3) is 0 Å². The predicted molar refractivity (Wildman–Crippen MR) is 113 cm³/mol. The second-order valence-corrected chi connectivity index (χ2v) is 7.81. The summed E-state index contributed by atoms with van der Waals surface area (Å²) in [7, 11) is 0. The molecule has 0 saturated carbocycles. The molecule has 4 rings (SSSR count). The fourth-order valence-corrected chi connectivity index (χ4v) is 4.14. The van der Waals surface area contributed by atoms with Gasteiger partial charge >= 0.3 is 6.03 Å². The van der Waals surface area contributed by atoms with Gasteiger partial charge in [0.2, 0.25) is 5.13 Å². The first-order valence-corrected chi connectivity index (χ1v) is 10.3. The average Bonchev–Trinajstić information content (AvgIpc) is 3.17.